The van der Waals surface area contributed by atoms with Gasteiger partial charge < -0.3 is 4.74 Å². The van der Waals surface area contributed by atoms with Crippen LogP contribution in [0.2, 0.25) is 0 Å². The minimum atomic E-state index is -3.43. The van der Waals surface area contributed by atoms with Crippen molar-refractivity contribution in [1.29, 1.82) is 0 Å². The molecule has 0 N–H and O–H groups in total. The maximum Gasteiger partial charge on any atom is 0.243 e. The Morgan fingerprint density at radius 2 is 1.63 bits per heavy atom. The molecule has 2 aromatic carbocycles. The van der Waals surface area contributed by atoms with Crippen LogP contribution in [0.5, 0.6) is 5.75 Å². The predicted molar refractivity (Wildman–Crippen MR) is 108 cm³/mol. The second-order valence-corrected chi connectivity index (χ2v) is 9.16. The van der Waals surface area contributed by atoms with Crippen molar-refractivity contribution in [2.75, 3.05) is 33.3 Å². The SMILES string of the molecule is COc1ccc(CN2CCN(S(=O)(=O)c3ccc(C)cc3C)CC2)cc1C. The van der Waals surface area contributed by atoms with Gasteiger partial charge in [0.25, 0.3) is 0 Å². The molecule has 0 aromatic heterocycles. The van der Waals surface area contributed by atoms with Crippen molar-refractivity contribution < 1.29 is 13.2 Å². The molecule has 0 saturated carbocycles. The molecule has 5 nitrogen and oxygen atoms in total. The van der Waals surface area contributed by atoms with Gasteiger partial charge in [0.15, 0.2) is 0 Å². The van der Waals surface area contributed by atoms with Crippen molar-refractivity contribution in [1.82, 2.24) is 9.21 Å². The number of aryl methyl sites for hydroxylation is 3. The van der Waals surface area contributed by atoms with Crippen LogP contribution in [0.15, 0.2) is 41.3 Å². The molecule has 6 heteroatoms. The van der Waals surface area contributed by atoms with E-state index in [2.05, 4.69) is 17.0 Å². The molecular formula is C21H28N2O3S. The molecule has 0 unspecified atom stereocenters. The summed E-state index contributed by atoms with van der Waals surface area (Å²) < 4.78 is 32.9. The first kappa shape index (κ1) is 19.9. The molecule has 1 heterocycles. The zero-order chi connectivity index (χ0) is 19.6. The zero-order valence-corrected chi connectivity index (χ0v) is 17.3. The highest BCUT2D eigenvalue weighted by atomic mass is 32.2. The van der Waals surface area contributed by atoms with E-state index in [-0.39, 0.29) is 0 Å². The number of benzene rings is 2. The minimum Gasteiger partial charge on any atom is -0.496 e. The van der Waals surface area contributed by atoms with Gasteiger partial charge in [0.05, 0.1) is 12.0 Å². The number of piperazine rings is 1. The van der Waals surface area contributed by atoms with Gasteiger partial charge in [-0.1, -0.05) is 29.8 Å². The summed E-state index contributed by atoms with van der Waals surface area (Å²) in [7, 11) is -1.75. The predicted octanol–water partition coefficient (Wildman–Crippen LogP) is 3.13. The molecule has 27 heavy (non-hydrogen) atoms. The molecule has 1 saturated heterocycles. The molecular weight excluding hydrogens is 360 g/mol. The monoisotopic (exact) mass is 388 g/mol. The molecule has 0 spiro atoms. The van der Waals surface area contributed by atoms with E-state index in [0.29, 0.717) is 18.0 Å². The Morgan fingerprint density at radius 1 is 0.926 bits per heavy atom. The highest BCUT2D eigenvalue weighted by Crippen LogP contribution is 2.23. The van der Waals surface area contributed by atoms with Gasteiger partial charge in [0, 0.05) is 32.7 Å². The minimum absolute atomic E-state index is 0.423. The largest absolute Gasteiger partial charge is 0.496 e. The molecule has 0 bridgehead atoms. The van der Waals surface area contributed by atoms with Gasteiger partial charge in [0.2, 0.25) is 10.0 Å². The molecule has 1 aliphatic rings. The first-order valence-corrected chi connectivity index (χ1v) is 10.7. The molecule has 0 atom stereocenters. The van der Waals surface area contributed by atoms with Crippen LogP contribution in [-0.2, 0) is 16.6 Å². The van der Waals surface area contributed by atoms with Gasteiger partial charge in [-0.15, -0.1) is 0 Å². The quantitative estimate of drug-likeness (QED) is 0.790. The summed E-state index contributed by atoms with van der Waals surface area (Å²) in [5.74, 6) is 0.892. The molecule has 0 radical (unpaired) electrons. The number of ether oxygens (including phenoxy) is 1. The number of nitrogens with zero attached hydrogens (tertiary/aromatic N) is 2. The number of rotatable bonds is 5. The fourth-order valence-corrected chi connectivity index (χ4v) is 5.28. The number of methoxy groups -OCH3 is 1. The smallest absolute Gasteiger partial charge is 0.243 e. The fraction of sp³-hybridized carbons (Fsp3) is 0.429. The van der Waals surface area contributed by atoms with Crippen LogP contribution in [0.4, 0.5) is 0 Å². The number of hydrogen-bond acceptors (Lipinski definition) is 4. The highest BCUT2D eigenvalue weighted by Gasteiger charge is 2.29. The molecule has 1 aliphatic heterocycles. The lowest BCUT2D eigenvalue weighted by atomic mass is 10.1. The number of sulfonamides is 1. The lowest BCUT2D eigenvalue weighted by Gasteiger charge is -2.34. The van der Waals surface area contributed by atoms with E-state index in [4.69, 9.17) is 4.74 Å². The van der Waals surface area contributed by atoms with E-state index in [0.717, 1.165) is 42.1 Å². The van der Waals surface area contributed by atoms with Gasteiger partial charge in [-0.2, -0.15) is 4.31 Å². The molecule has 0 aliphatic carbocycles. The zero-order valence-electron chi connectivity index (χ0n) is 16.5. The average molecular weight is 389 g/mol. The standard InChI is InChI=1S/C21H28N2O3S/c1-16-5-8-21(18(3)13-16)27(24,25)23-11-9-22(10-12-23)15-19-6-7-20(26-4)17(2)14-19/h5-8,13-14H,9-12,15H2,1-4H3. The molecule has 2 aromatic rings. The van der Waals surface area contributed by atoms with Crippen molar-refractivity contribution in [3.05, 3.63) is 58.7 Å². The second-order valence-electron chi connectivity index (χ2n) is 7.25. The highest BCUT2D eigenvalue weighted by molar-refractivity contribution is 7.89. The Balaban J connectivity index is 1.65. The Kier molecular flexibility index (Phi) is 5.89. The molecule has 1 fully saturated rings. The van der Waals surface area contributed by atoms with Crippen molar-refractivity contribution in [3.63, 3.8) is 0 Å². The van der Waals surface area contributed by atoms with Crippen LogP contribution in [-0.4, -0.2) is 50.9 Å². The van der Waals surface area contributed by atoms with Crippen LogP contribution in [0, 0.1) is 20.8 Å². The Hall–Kier alpha value is -1.89. The summed E-state index contributed by atoms with van der Waals surface area (Å²) in [6.45, 7) is 9.20. The first-order chi connectivity index (χ1) is 12.8. The first-order valence-electron chi connectivity index (χ1n) is 9.24. The molecule has 146 valence electrons. The van der Waals surface area contributed by atoms with Crippen molar-refractivity contribution in [3.8, 4) is 5.75 Å². The van der Waals surface area contributed by atoms with E-state index < -0.39 is 10.0 Å². The van der Waals surface area contributed by atoms with Gasteiger partial charge >= 0.3 is 0 Å². The van der Waals surface area contributed by atoms with Crippen molar-refractivity contribution >= 4 is 10.0 Å². The van der Waals surface area contributed by atoms with Crippen molar-refractivity contribution in [2.45, 2.75) is 32.2 Å². The van der Waals surface area contributed by atoms with Gasteiger partial charge in [-0.25, -0.2) is 8.42 Å². The summed E-state index contributed by atoms with van der Waals surface area (Å²) in [5, 5.41) is 0. The lowest BCUT2D eigenvalue weighted by Crippen LogP contribution is -2.48. The van der Waals surface area contributed by atoms with E-state index in [1.165, 1.54) is 5.56 Å². The Labute approximate surface area is 162 Å². The van der Waals surface area contributed by atoms with E-state index >= 15 is 0 Å². The summed E-state index contributed by atoms with van der Waals surface area (Å²) in [5.41, 5.74) is 4.22. The lowest BCUT2D eigenvalue weighted by molar-refractivity contribution is 0.181. The van der Waals surface area contributed by atoms with Gasteiger partial charge in [0.1, 0.15) is 5.75 Å². The van der Waals surface area contributed by atoms with Gasteiger partial charge in [-0.05, 0) is 49.6 Å². The summed E-state index contributed by atoms with van der Waals surface area (Å²) in [6.07, 6.45) is 0. The normalized spacial score (nSPS) is 16.4. The van der Waals surface area contributed by atoms with Crippen LogP contribution < -0.4 is 4.74 Å². The third kappa shape index (κ3) is 4.34. The maximum atomic E-state index is 13.0. The van der Waals surface area contributed by atoms with E-state index in [9.17, 15) is 8.42 Å². The van der Waals surface area contributed by atoms with E-state index in [1.54, 1.807) is 17.5 Å². The Morgan fingerprint density at radius 3 is 2.22 bits per heavy atom. The molecule has 3 rings (SSSR count). The summed E-state index contributed by atoms with van der Waals surface area (Å²) in [6, 6.07) is 11.7. The molecule has 0 amide bonds. The third-order valence-electron chi connectivity index (χ3n) is 5.14. The van der Waals surface area contributed by atoms with Crippen LogP contribution in [0.25, 0.3) is 0 Å². The maximum absolute atomic E-state index is 13.0. The average Bonchev–Trinajstić information content (AvgIpc) is 2.62. The summed E-state index contributed by atoms with van der Waals surface area (Å²) >= 11 is 0. The number of hydrogen-bond donors (Lipinski definition) is 0. The second kappa shape index (κ2) is 8.00. The topological polar surface area (TPSA) is 49.9 Å². The van der Waals surface area contributed by atoms with Crippen LogP contribution in [0.3, 0.4) is 0 Å². The van der Waals surface area contributed by atoms with Crippen LogP contribution in [0.1, 0.15) is 22.3 Å². The van der Waals surface area contributed by atoms with E-state index in [1.807, 2.05) is 39.0 Å². The third-order valence-corrected chi connectivity index (χ3v) is 7.20. The van der Waals surface area contributed by atoms with Crippen LogP contribution >= 0.6 is 0 Å². The summed E-state index contributed by atoms with van der Waals surface area (Å²) in [4.78, 5) is 2.72. The Bertz CT molecular complexity index is 917. The van der Waals surface area contributed by atoms with Crippen molar-refractivity contribution in [2.24, 2.45) is 0 Å². The fourth-order valence-electron chi connectivity index (χ4n) is 3.65. The van der Waals surface area contributed by atoms with Gasteiger partial charge in [-0.3, -0.25) is 4.90 Å².